The molecule has 0 aromatic heterocycles. The van der Waals surface area contributed by atoms with Crippen LogP contribution in [0, 0.1) is 0 Å². The molecule has 0 unspecified atom stereocenters. The highest BCUT2D eigenvalue weighted by Crippen LogP contribution is 2.55. The zero-order valence-corrected chi connectivity index (χ0v) is 18.6. The van der Waals surface area contributed by atoms with Gasteiger partial charge in [-0.2, -0.15) is 0 Å². The standard InChI is InChI=1S/C12H33O4PSi3/c1-10-19(6,7)15-17(13,14-12-18(3,4)5)16-20(8,9)11-2/h10-12H2,1-9H3. The molecular formula is C12H33O4PSi3. The number of phosphoric acid groups is 1. The summed E-state index contributed by atoms with van der Waals surface area (Å²) < 4.78 is 30.6. The summed E-state index contributed by atoms with van der Waals surface area (Å²) in [5.41, 5.74) is 0. The molecule has 4 nitrogen and oxygen atoms in total. The molecule has 0 heterocycles. The van der Waals surface area contributed by atoms with Crippen LogP contribution in [-0.4, -0.2) is 30.9 Å². The van der Waals surface area contributed by atoms with Crippen LogP contribution in [0.15, 0.2) is 0 Å². The first-order valence-electron chi connectivity index (χ1n) is 7.40. The van der Waals surface area contributed by atoms with Crippen LogP contribution in [0.5, 0.6) is 0 Å². The topological polar surface area (TPSA) is 44.8 Å². The summed E-state index contributed by atoms with van der Waals surface area (Å²) in [6, 6.07) is 1.79. The smallest absolute Gasteiger partial charge is 0.330 e. The zero-order chi connectivity index (χ0) is 16.2. The minimum atomic E-state index is -3.43. The first-order chi connectivity index (χ1) is 8.74. The zero-order valence-electron chi connectivity index (χ0n) is 14.7. The maximum Gasteiger partial charge on any atom is 0.454 e. The van der Waals surface area contributed by atoms with E-state index >= 15 is 0 Å². The molecule has 8 heteroatoms. The van der Waals surface area contributed by atoms with Crippen molar-refractivity contribution < 1.29 is 17.5 Å². The second kappa shape index (κ2) is 7.35. The van der Waals surface area contributed by atoms with Gasteiger partial charge in [0, 0.05) is 6.23 Å². The minimum absolute atomic E-state index is 0.507. The molecule has 0 N–H and O–H groups in total. The lowest BCUT2D eigenvalue weighted by molar-refractivity contribution is 0.230. The van der Waals surface area contributed by atoms with Crippen molar-refractivity contribution in [2.45, 2.75) is 71.8 Å². The maximum atomic E-state index is 13.0. The van der Waals surface area contributed by atoms with Crippen molar-refractivity contribution in [3.63, 3.8) is 0 Å². The van der Waals surface area contributed by atoms with Gasteiger partial charge in [-0.25, -0.2) is 4.57 Å². The van der Waals surface area contributed by atoms with Gasteiger partial charge in [-0.3, -0.25) is 4.52 Å². The Balaban J connectivity index is 5.09. The first kappa shape index (κ1) is 20.8. The van der Waals surface area contributed by atoms with Gasteiger partial charge < -0.3 is 8.43 Å². The van der Waals surface area contributed by atoms with Gasteiger partial charge in [0.1, 0.15) is 0 Å². The van der Waals surface area contributed by atoms with E-state index in [0.717, 1.165) is 12.1 Å². The monoisotopic (exact) mass is 356 g/mol. The normalized spacial score (nSPS) is 14.7. The Labute approximate surface area is 128 Å². The number of rotatable bonds is 9. The molecule has 0 aromatic carbocycles. The van der Waals surface area contributed by atoms with Crippen molar-refractivity contribution in [3.05, 3.63) is 0 Å². The fourth-order valence-electron chi connectivity index (χ4n) is 1.08. The molecule has 0 bridgehead atoms. The molecule has 0 amide bonds. The summed E-state index contributed by atoms with van der Waals surface area (Å²) in [4.78, 5) is 0. The van der Waals surface area contributed by atoms with Crippen LogP contribution in [0.4, 0.5) is 0 Å². The molecule has 0 fully saturated rings. The van der Waals surface area contributed by atoms with Crippen molar-refractivity contribution in [2.24, 2.45) is 0 Å². The quantitative estimate of drug-likeness (QED) is 0.406. The molecule has 0 spiro atoms. The molecule has 0 rings (SSSR count). The Morgan fingerprint density at radius 3 is 1.40 bits per heavy atom. The van der Waals surface area contributed by atoms with Crippen LogP contribution in [0.3, 0.4) is 0 Å². The fourth-order valence-corrected chi connectivity index (χ4v) is 10.0. The van der Waals surface area contributed by atoms with Gasteiger partial charge in [-0.05, 0) is 38.3 Å². The van der Waals surface area contributed by atoms with Gasteiger partial charge in [0.2, 0.25) is 16.6 Å². The third-order valence-corrected chi connectivity index (χ3v) is 13.9. The first-order valence-corrected chi connectivity index (χ1v) is 18.8. The average Bonchev–Trinajstić information content (AvgIpc) is 2.24. The van der Waals surface area contributed by atoms with Gasteiger partial charge in [-0.1, -0.05) is 33.5 Å². The summed E-state index contributed by atoms with van der Waals surface area (Å²) in [6.45, 7) is 18.9. The van der Waals surface area contributed by atoms with E-state index in [4.69, 9.17) is 12.9 Å². The van der Waals surface area contributed by atoms with E-state index < -0.39 is 32.5 Å². The predicted molar refractivity (Wildman–Crippen MR) is 95.0 cm³/mol. The average molecular weight is 357 g/mol. The third-order valence-electron chi connectivity index (χ3n) is 3.08. The van der Waals surface area contributed by atoms with E-state index in [2.05, 4.69) is 59.7 Å². The van der Waals surface area contributed by atoms with Crippen LogP contribution in [-0.2, 0) is 17.5 Å². The van der Waals surface area contributed by atoms with Gasteiger partial charge >= 0.3 is 7.82 Å². The molecule has 20 heavy (non-hydrogen) atoms. The molecule has 0 saturated heterocycles. The minimum Gasteiger partial charge on any atom is -0.330 e. The SMILES string of the molecule is CC[Si](C)(C)OP(=O)(OC[Si](C)(C)C)O[Si](C)(C)CC. The van der Waals surface area contributed by atoms with Crippen LogP contribution >= 0.6 is 7.82 Å². The van der Waals surface area contributed by atoms with E-state index in [0.29, 0.717) is 6.23 Å². The fraction of sp³-hybridized carbons (Fsp3) is 1.00. The van der Waals surface area contributed by atoms with Crippen LogP contribution in [0.1, 0.15) is 13.8 Å². The predicted octanol–water partition coefficient (Wildman–Crippen LogP) is 5.47. The largest absolute Gasteiger partial charge is 0.454 e. The molecule has 0 aliphatic carbocycles. The third kappa shape index (κ3) is 8.92. The molecule has 0 aliphatic heterocycles. The maximum absolute atomic E-state index is 13.0. The second-order valence-corrected chi connectivity index (χ2v) is 24.2. The molecule has 0 aliphatic rings. The molecule has 122 valence electrons. The van der Waals surface area contributed by atoms with Gasteiger partial charge in [0.05, 0.1) is 8.07 Å². The summed E-state index contributed by atoms with van der Waals surface area (Å²) in [7, 11) is -8.89. The Hall–Kier alpha value is 0.761. The second-order valence-electron chi connectivity index (χ2n) is 7.69. The Bertz CT molecular complexity index is 331. The lowest BCUT2D eigenvalue weighted by atomic mass is 11.0. The molecular weight excluding hydrogens is 323 g/mol. The Morgan fingerprint density at radius 1 is 0.800 bits per heavy atom. The lowest BCUT2D eigenvalue weighted by Crippen LogP contribution is -2.35. The van der Waals surface area contributed by atoms with Crippen molar-refractivity contribution in [1.82, 2.24) is 0 Å². The Morgan fingerprint density at radius 2 is 1.15 bits per heavy atom. The van der Waals surface area contributed by atoms with E-state index in [1.54, 1.807) is 0 Å². The van der Waals surface area contributed by atoms with Crippen LogP contribution in [0.2, 0.25) is 57.9 Å². The highest BCUT2D eigenvalue weighted by molar-refractivity contribution is 7.52. The highest BCUT2D eigenvalue weighted by atomic mass is 31.2. The van der Waals surface area contributed by atoms with Crippen LogP contribution < -0.4 is 0 Å². The molecule has 0 saturated carbocycles. The van der Waals surface area contributed by atoms with E-state index in [1.807, 2.05) is 0 Å². The lowest BCUT2D eigenvalue weighted by Gasteiger charge is -2.33. The van der Waals surface area contributed by atoms with Crippen molar-refractivity contribution in [1.29, 1.82) is 0 Å². The van der Waals surface area contributed by atoms with Gasteiger partial charge in [-0.15, -0.1) is 0 Å². The van der Waals surface area contributed by atoms with Gasteiger partial charge in [0.25, 0.3) is 0 Å². The van der Waals surface area contributed by atoms with E-state index in [9.17, 15) is 4.57 Å². The molecule has 0 atom stereocenters. The Kier molecular flexibility index (Phi) is 7.63. The summed E-state index contributed by atoms with van der Waals surface area (Å²) in [6.07, 6.45) is 0.507. The van der Waals surface area contributed by atoms with Crippen LogP contribution in [0.25, 0.3) is 0 Å². The molecule has 0 aromatic rings. The summed E-state index contributed by atoms with van der Waals surface area (Å²) in [5.74, 6) is 0. The van der Waals surface area contributed by atoms with E-state index in [1.165, 1.54) is 0 Å². The van der Waals surface area contributed by atoms with Crippen molar-refractivity contribution in [3.8, 4) is 0 Å². The van der Waals surface area contributed by atoms with Crippen molar-refractivity contribution in [2.75, 3.05) is 6.23 Å². The van der Waals surface area contributed by atoms with E-state index in [-0.39, 0.29) is 0 Å². The summed E-state index contributed by atoms with van der Waals surface area (Å²) in [5, 5.41) is 0. The highest BCUT2D eigenvalue weighted by Gasteiger charge is 2.41. The van der Waals surface area contributed by atoms with Gasteiger partial charge in [0.15, 0.2) is 0 Å². The number of hydrogen-bond acceptors (Lipinski definition) is 4. The van der Waals surface area contributed by atoms with Crippen molar-refractivity contribution >= 4 is 32.5 Å². The molecule has 0 radical (unpaired) electrons. The summed E-state index contributed by atoms with van der Waals surface area (Å²) >= 11 is 0. The number of hydrogen-bond donors (Lipinski definition) is 0.